The molecule has 6 rings (SSSR count). The van der Waals surface area contributed by atoms with Crippen LogP contribution in [0.1, 0.15) is 50.8 Å². The molecule has 0 N–H and O–H groups in total. The standard InChI is InChI=1S/C33H15F3N4/c34-33(35,36)26-13-12-25-30-23(26)2-1-3-24(30)31-27(20-8-4-18(14-37)5-9-20)29(22(16-39)17-40)28(32(25)31)21-10-6-19(15-38)7-11-21/h1-13,28,32H. The summed E-state index contributed by atoms with van der Waals surface area (Å²) in [5.41, 5.74) is 4.50. The van der Waals surface area contributed by atoms with Crippen molar-refractivity contribution in [1.82, 2.24) is 0 Å². The third kappa shape index (κ3) is 3.50. The van der Waals surface area contributed by atoms with Crippen LogP contribution in [0.15, 0.2) is 90.0 Å². The molecule has 40 heavy (non-hydrogen) atoms. The van der Waals surface area contributed by atoms with E-state index < -0.39 is 23.6 Å². The number of alkyl halides is 3. The molecule has 2 aliphatic rings. The summed E-state index contributed by atoms with van der Waals surface area (Å²) in [6, 6.07) is 29.2. The lowest BCUT2D eigenvalue weighted by molar-refractivity contribution is -0.136. The maximum Gasteiger partial charge on any atom is 0.417 e. The number of hydrogen-bond donors (Lipinski definition) is 0. The van der Waals surface area contributed by atoms with E-state index in [2.05, 4.69) is 12.1 Å². The SMILES string of the molecule is N#CC(C#N)=C1C(c2ccc(C#N)cc2)=C2c3cccc4c(C(F)(F)F)ccc(c34)C2C1c1ccc(C#N)cc1. The predicted octanol–water partition coefficient (Wildman–Crippen LogP) is 7.75. The molecular formula is C33H15F3N4. The first kappa shape index (κ1) is 24.7. The van der Waals surface area contributed by atoms with Crippen molar-refractivity contribution < 1.29 is 13.2 Å². The molecule has 4 aromatic carbocycles. The molecule has 0 aliphatic heterocycles. The van der Waals surface area contributed by atoms with Gasteiger partial charge in [0, 0.05) is 11.8 Å². The lowest BCUT2D eigenvalue weighted by atomic mass is 9.78. The second-order valence-corrected chi connectivity index (χ2v) is 9.61. The molecular weight excluding hydrogens is 509 g/mol. The van der Waals surface area contributed by atoms with Crippen LogP contribution in [0.25, 0.3) is 21.9 Å². The van der Waals surface area contributed by atoms with Gasteiger partial charge in [-0.1, -0.05) is 48.5 Å². The summed E-state index contributed by atoms with van der Waals surface area (Å²) in [4.78, 5) is 0. The highest BCUT2D eigenvalue weighted by atomic mass is 19.4. The van der Waals surface area contributed by atoms with Gasteiger partial charge in [0.05, 0.1) is 28.8 Å². The summed E-state index contributed by atoms with van der Waals surface area (Å²) in [6.07, 6.45) is -4.55. The van der Waals surface area contributed by atoms with Gasteiger partial charge in [-0.25, -0.2) is 0 Å². The number of benzene rings is 4. The van der Waals surface area contributed by atoms with Crippen molar-refractivity contribution >= 4 is 21.9 Å². The minimum atomic E-state index is -4.55. The fraction of sp³-hybridized carbons (Fsp3) is 0.0909. The molecule has 0 fully saturated rings. The zero-order valence-electron chi connectivity index (χ0n) is 20.6. The van der Waals surface area contributed by atoms with Crippen LogP contribution >= 0.6 is 0 Å². The maximum absolute atomic E-state index is 14.0. The third-order valence-corrected chi connectivity index (χ3v) is 7.69. The summed E-state index contributed by atoms with van der Waals surface area (Å²) < 4.78 is 42.1. The minimum Gasteiger partial charge on any atom is -0.192 e. The monoisotopic (exact) mass is 524 g/mol. The molecule has 2 unspecified atom stereocenters. The molecule has 2 atom stereocenters. The molecule has 0 spiro atoms. The van der Waals surface area contributed by atoms with Gasteiger partial charge < -0.3 is 0 Å². The third-order valence-electron chi connectivity index (χ3n) is 7.69. The van der Waals surface area contributed by atoms with E-state index in [-0.39, 0.29) is 11.0 Å². The number of halogens is 3. The quantitative estimate of drug-likeness (QED) is 0.251. The Hall–Kier alpha value is -5.63. The van der Waals surface area contributed by atoms with Gasteiger partial charge in [0.15, 0.2) is 0 Å². The Balaban J connectivity index is 1.76. The Kier molecular flexibility index (Phi) is 5.55. The van der Waals surface area contributed by atoms with Gasteiger partial charge in [-0.15, -0.1) is 0 Å². The van der Waals surface area contributed by atoms with E-state index >= 15 is 0 Å². The van der Waals surface area contributed by atoms with Crippen molar-refractivity contribution in [2.45, 2.75) is 18.0 Å². The first-order valence-corrected chi connectivity index (χ1v) is 12.2. The average Bonchev–Trinajstić information content (AvgIpc) is 3.48. The summed E-state index contributed by atoms with van der Waals surface area (Å²) in [5, 5.41) is 39.4. The molecule has 0 heterocycles. The van der Waals surface area contributed by atoms with Crippen molar-refractivity contribution in [2.24, 2.45) is 0 Å². The van der Waals surface area contributed by atoms with Gasteiger partial charge in [0.25, 0.3) is 0 Å². The first-order chi connectivity index (χ1) is 19.3. The van der Waals surface area contributed by atoms with Crippen LogP contribution in [0.2, 0.25) is 0 Å². The highest BCUT2D eigenvalue weighted by molar-refractivity contribution is 6.16. The predicted molar refractivity (Wildman–Crippen MR) is 142 cm³/mol. The van der Waals surface area contributed by atoms with Gasteiger partial charge in [-0.05, 0) is 80.1 Å². The summed E-state index contributed by atoms with van der Waals surface area (Å²) in [5.74, 6) is -1.05. The molecule has 7 heteroatoms. The van der Waals surface area contributed by atoms with Gasteiger partial charge in [0.1, 0.15) is 17.7 Å². The molecule has 0 radical (unpaired) electrons. The van der Waals surface area contributed by atoms with E-state index in [4.69, 9.17) is 0 Å². The minimum absolute atomic E-state index is 0.0912. The highest BCUT2D eigenvalue weighted by Crippen LogP contribution is 2.65. The molecule has 0 amide bonds. The Morgan fingerprint density at radius 2 is 1.32 bits per heavy atom. The van der Waals surface area contributed by atoms with E-state index in [1.165, 1.54) is 12.1 Å². The molecule has 2 aliphatic carbocycles. The van der Waals surface area contributed by atoms with Crippen LogP contribution in [0.5, 0.6) is 0 Å². The second kappa shape index (κ2) is 8.99. The number of nitrogens with zero attached hydrogens (tertiary/aromatic N) is 4. The summed E-state index contributed by atoms with van der Waals surface area (Å²) >= 11 is 0. The lowest BCUT2D eigenvalue weighted by Gasteiger charge is -2.23. The van der Waals surface area contributed by atoms with Crippen molar-refractivity contribution in [2.75, 3.05) is 0 Å². The molecule has 4 nitrogen and oxygen atoms in total. The van der Waals surface area contributed by atoms with Crippen LogP contribution in [0, 0.1) is 45.3 Å². The van der Waals surface area contributed by atoms with Crippen LogP contribution in [0.4, 0.5) is 13.2 Å². The number of nitriles is 4. The zero-order chi connectivity index (χ0) is 28.2. The number of allylic oxidation sites excluding steroid dienone is 4. The lowest BCUT2D eigenvalue weighted by Crippen LogP contribution is -2.10. The van der Waals surface area contributed by atoms with Crippen LogP contribution in [-0.4, -0.2) is 0 Å². The molecule has 0 saturated heterocycles. The van der Waals surface area contributed by atoms with Crippen molar-refractivity contribution in [3.05, 3.63) is 129 Å². The fourth-order valence-corrected chi connectivity index (χ4v) is 6.16. The van der Waals surface area contributed by atoms with Crippen LogP contribution in [-0.2, 0) is 6.18 Å². The number of hydrogen-bond acceptors (Lipinski definition) is 4. The van der Waals surface area contributed by atoms with Gasteiger partial charge in [0.2, 0.25) is 0 Å². The van der Waals surface area contributed by atoms with E-state index in [0.717, 1.165) is 17.2 Å². The maximum atomic E-state index is 14.0. The van der Waals surface area contributed by atoms with E-state index in [0.29, 0.717) is 44.3 Å². The largest absolute Gasteiger partial charge is 0.417 e. The average molecular weight is 525 g/mol. The van der Waals surface area contributed by atoms with Crippen molar-refractivity contribution in [3.8, 4) is 24.3 Å². The zero-order valence-corrected chi connectivity index (χ0v) is 20.6. The molecule has 0 aromatic heterocycles. The van der Waals surface area contributed by atoms with Crippen molar-refractivity contribution in [3.63, 3.8) is 0 Å². The van der Waals surface area contributed by atoms with E-state index in [9.17, 15) is 34.2 Å². The van der Waals surface area contributed by atoms with Crippen LogP contribution in [0.3, 0.4) is 0 Å². The Morgan fingerprint density at radius 1 is 0.700 bits per heavy atom. The highest BCUT2D eigenvalue weighted by Gasteiger charge is 2.48. The van der Waals surface area contributed by atoms with Gasteiger partial charge in [-0.2, -0.15) is 34.2 Å². The molecule has 4 aromatic rings. The number of fused-ring (bicyclic) bond motifs is 3. The number of rotatable bonds is 2. The summed E-state index contributed by atoms with van der Waals surface area (Å²) in [7, 11) is 0. The fourth-order valence-electron chi connectivity index (χ4n) is 6.16. The smallest absolute Gasteiger partial charge is 0.192 e. The Labute approximate surface area is 227 Å². The molecule has 188 valence electrons. The molecule has 0 saturated carbocycles. The Morgan fingerprint density at radius 3 is 1.90 bits per heavy atom. The van der Waals surface area contributed by atoms with Crippen molar-refractivity contribution in [1.29, 1.82) is 21.0 Å². The second-order valence-electron chi connectivity index (χ2n) is 9.61. The van der Waals surface area contributed by atoms with E-state index in [1.54, 1.807) is 60.7 Å². The first-order valence-electron chi connectivity index (χ1n) is 12.2. The van der Waals surface area contributed by atoms with Gasteiger partial charge >= 0.3 is 6.18 Å². The van der Waals surface area contributed by atoms with Crippen LogP contribution < -0.4 is 0 Å². The summed E-state index contributed by atoms with van der Waals surface area (Å²) in [6.45, 7) is 0. The molecule has 0 bridgehead atoms. The normalized spacial score (nSPS) is 17.1. The van der Waals surface area contributed by atoms with Gasteiger partial charge in [-0.3, -0.25) is 0 Å². The topological polar surface area (TPSA) is 95.2 Å². The Bertz CT molecular complexity index is 1950. The van der Waals surface area contributed by atoms with E-state index in [1.807, 2.05) is 12.1 Å².